The fraction of sp³-hybridized carbons (Fsp3) is 0.167. The first-order valence-electron chi connectivity index (χ1n) is 5.17. The molecule has 1 saturated heterocycles. The minimum absolute atomic E-state index is 0.446. The van der Waals surface area contributed by atoms with Crippen molar-refractivity contribution < 1.29 is 0 Å². The molecule has 3 heteroatoms. The van der Waals surface area contributed by atoms with E-state index in [2.05, 4.69) is 58.9 Å². The van der Waals surface area contributed by atoms with Crippen LogP contribution in [-0.4, -0.2) is 6.54 Å². The lowest BCUT2D eigenvalue weighted by atomic mass is 9.89. The molecule has 0 amide bonds. The van der Waals surface area contributed by atoms with E-state index in [-0.39, 0.29) is 0 Å². The van der Waals surface area contributed by atoms with Crippen LogP contribution >= 0.6 is 0 Å². The lowest BCUT2D eigenvalue weighted by Crippen LogP contribution is -2.52. The summed E-state index contributed by atoms with van der Waals surface area (Å²) in [6, 6.07) is 0. The predicted octanol–water partition coefficient (Wildman–Crippen LogP) is 1.09. The van der Waals surface area contributed by atoms with Crippen LogP contribution in [0.1, 0.15) is 0 Å². The highest BCUT2D eigenvalue weighted by molar-refractivity contribution is 5.56. The van der Waals surface area contributed by atoms with Crippen LogP contribution in [0, 0.1) is 5.92 Å². The second-order valence-corrected chi connectivity index (χ2v) is 3.79. The lowest BCUT2D eigenvalue weighted by Gasteiger charge is -2.31. The van der Waals surface area contributed by atoms with Crippen molar-refractivity contribution in [3.8, 4) is 0 Å². The molecule has 1 atom stereocenters. The molecule has 3 rings (SSSR count). The van der Waals surface area contributed by atoms with Gasteiger partial charge >= 0.3 is 0 Å². The topological polar surface area (TPSA) is 36.1 Å². The molecule has 3 N–H and O–H groups in total. The third-order valence-electron chi connectivity index (χ3n) is 2.85. The summed E-state index contributed by atoms with van der Waals surface area (Å²) in [5.41, 5.74) is 13.0. The molecule has 0 aromatic carbocycles. The van der Waals surface area contributed by atoms with Gasteiger partial charge in [-0.25, -0.2) is 5.43 Å². The van der Waals surface area contributed by atoms with Crippen LogP contribution in [0.4, 0.5) is 0 Å². The summed E-state index contributed by atoms with van der Waals surface area (Å²) in [6.07, 6.45) is 14.9. The molecule has 0 aromatic rings. The van der Waals surface area contributed by atoms with Gasteiger partial charge in [0.2, 0.25) is 0 Å². The van der Waals surface area contributed by atoms with Crippen LogP contribution < -0.4 is 16.4 Å². The van der Waals surface area contributed by atoms with E-state index in [1.54, 1.807) is 0 Å². The second kappa shape index (κ2) is 3.53. The van der Waals surface area contributed by atoms with Crippen molar-refractivity contribution in [2.75, 3.05) is 6.54 Å². The van der Waals surface area contributed by atoms with E-state index in [4.69, 9.17) is 0 Å². The molecule has 1 fully saturated rings. The summed E-state index contributed by atoms with van der Waals surface area (Å²) in [6.45, 7) is 0.927. The number of fused-ring (bicyclic) bond motifs is 2. The van der Waals surface area contributed by atoms with E-state index in [1.807, 2.05) is 0 Å². The molecule has 3 aliphatic rings. The lowest BCUT2D eigenvalue weighted by molar-refractivity contribution is 0.374. The van der Waals surface area contributed by atoms with Gasteiger partial charge in [-0.2, -0.15) is 5.53 Å². The van der Waals surface area contributed by atoms with Crippen molar-refractivity contribution in [2.45, 2.75) is 0 Å². The van der Waals surface area contributed by atoms with Crippen LogP contribution in [-0.2, 0) is 0 Å². The molecule has 0 bridgehead atoms. The molecule has 0 spiro atoms. The first-order chi connectivity index (χ1) is 7.45. The van der Waals surface area contributed by atoms with Crippen LogP contribution in [0.15, 0.2) is 59.4 Å². The Morgan fingerprint density at radius 2 is 2.13 bits per heavy atom. The Balaban J connectivity index is 2.09. The number of hydrazine groups is 2. The van der Waals surface area contributed by atoms with Crippen molar-refractivity contribution >= 4 is 0 Å². The van der Waals surface area contributed by atoms with E-state index >= 15 is 0 Å². The predicted molar refractivity (Wildman–Crippen MR) is 60.3 cm³/mol. The van der Waals surface area contributed by atoms with Gasteiger partial charge in [-0.15, -0.1) is 0 Å². The normalized spacial score (nSPS) is 27.7. The minimum Gasteiger partial charge on any atom is -0.311 e. The Morgan fingerprint density at radius 3 is 3.13 bits per heavy atom. The van der Waals surface area contributed by atoms with Crippen molar-refractivity contribution in [3.05, 3.63) is 59.4 Å². The molecule has 2 aliphatic carbocycles. The number of hydrogen-bond donors (Lipinski definition) is 3. The molecule has 1 heterocycles. The highest BCUT2D eigenvalue weighted by atomic mass is 15.6. The molecule has 1 aliphatic heterocycles. The zero-order valence-electron chi connectivity index (χ0n) is 8.33. The third-order valence-corrected chi connectivity index (χ3v) is 2.85. The Hall–Kier alpha value is -1.58. The first-order valence-corrected chi connectivity index (χ1v) is 5.17. The quantitative estimate of drug-likeness (QED) is 0.546. The van der Waals surface area contributed by atoms with E-state index < -0.39 is 0 Å². The van der Waals surface area contributed by atoms with Crippen molar-refractivity contribution in [1.82, 2.24) is 16.4 Å². The molecule has 0 radical (unpaired) electrons. The summed E-state index contributed by atoms with van der Waals surface area (Å²) >= 11 is 0. The van der Waals surface area contributed by atoms with E-state index in [0.717, 1.165) is 6.54 Å². The first kappa shape index (κ1) is 8.71. The molecular formula is C12H13N3. The average Bonchev–Trinajstić information content (AvgIpc) is 2.54. The fourth-order valence-electron chi connectivity index (χ4n) is 2.07. The summed E-state index contributed by atoms with van der Waals surface area (Å²) in [5, 5.41) is 0. The summed E-state index contributed by atoms with van der Waals surface area (Å²) in [5.74, 6) is 0.446. The maximum absolute atomic E-state index is 3.20. The molecule has 0 aromatic heterocycles. The van der Waals surface area contributed by atoms with Gasteiger partial charge in [-0.3, -0.25) is 0 Å². The Bertz CT molecular complexity index is 424. The number of allylic oxidation sites excluding steroid dienone is 8. The Kier molecular flexibility index (Phi) is 2.05. The van der Waals surface area contributed by atoms with Crippen LogP contribution in [0.5, 0.6) is 0 Å². The number of nitrogens with one attached hydrogen (secondary N) is 3. The maximum atomic E-state index is 3.20. The molecule has 1 unspecified atom stereocenters. The summed E-state index contributed by atoms with van der Waals surface area (Å²) in [4.78, 5) is 0. The van der Waals surface area contributed by atoms with Gasteiger partial charge in [0.15, 0.2) is 0 Å². The minimum atomic E-state index is 0.446. The van der Waals surface area contributed by atoms with Crippen molar-refractivity contribution in [3.63, 3.8) is 0 Å². The van der Waals surface area contributed by atoms with Gasteiger partial charge in [-0.1, -0.05) is 42.5 Å². The Labute approximate surface area is 88.9 Å². The standard InChI is InChI=1S/C12H13N3/c1-2-4-9-6-7-10-8-13-15-14-12(10)11(9)5-3-1/h1-7,10,13-15H,8H2. The van der Waals surface area contributed by atoms with Crippen LogP contribution in [0.2, 0.25) is 0 Å². The van der Waals surface area contributed by atoms with E-state index in [0.29, 0.717) is 5.92 Å². The third kappa shape index (κ3) is 1.46. The van der Waals surface area contributed by atoms with Gasteiger partial charge in [0.05, 0.1) is 0 Å². The zero-order valence-corrected chi connectivity index (χ0v) is 8.33. The Morgan fingerprint density at radius 1 is 1.13 bits per heavy atom. The number of rotatable bonds is 0. The van der Waals surface area contributed by atoms with Crippen LogP contribution in [0.3, 0.4) is 0 Å². The fourth-order valence-corrected chi connectivity index (χ4v) is 2.07. The largest absolute Gasteiger partial charge is 0.311 e. The SMILES string of the molecule is C1=CC=C2C=CC3CNNNC3=C2C=C1. The van der Waals surface area contributed by atoms with Gasteiger partial charge in [0.25, 0.3) is 0 Å². The van der Waals surface area contributed by atoms with Crippen LogP contribution in [0.25, 0.3) is 0 Å². The van der Waals surface area contributed by atoms with Crippen molar-refractivity contribution in [1.29, 1.82) is 0 Å². The van der Waals surface area contributed by atoms with Gasteiger partial charge in [-0.05, 0) is 5.57 Å². The highest BCUT2D eigenvalue weighted by Gasteiger charge is 2.23. The van der Waals surface area contributed by atoms with E-state index in [1.165, 1.54) is 16.8 Å². The molecule has 0 saturated carbocycles. The van der Waals surface area contributed by atoms with Gasteiger partial charge in [0, 0.05) is 23.7 Å². The monoisotopic (exact) mass is 199 g/mol. The molecule has 3 nitrogen and oxygen atoms in total. The average molecular weight is 199 g/mol. The zero-order chi connectivity index (χ0) is 10.1. The van der Waals surface area contributed by atoms with Crippen molar-refractivity contribution in [2.24, 2.45) is 5.92 Å². The smallest absolute Gasteiger partial charge is 0.0435 e. The van der Waals surface area contributed by atoms with E-state index in [9.17, 15) is 0 Å². The summed E-state index contributed by atoms with van der Waals surface area (Å²) in [7, 11) is 0. The maximum Gasteiger partial charge on any atom is 0.0435 e. The van der Waals surface area contributed by atoms with Gasteiger partial charge < -0.3 is 5.43 Å². The number of hydrogen-bond acceptors (Lipinski definition) is 3. The van der Waals surface area contributed by atoms with Gasteiger partial charge in [0.1, 0.15) is 0 Å². The molecule has 76 valence electrons. The highest BCUT2D eigenvalue weighted by Crippen LogP contribution is 2.29. The summed E-state index contributed by atoms with van der Waals surface area (Å²) < 4.78 is 0. The molecular weight excluding hydrogens is 186 g/mol. The second-order valence-electron chi connectivity index (χ2n) is 3.79. The molecule has 15 heavy (non-hydrogen) atoms.